The highest BCUT2D eigenvalue weighted by atomic mass is 32.2. The Labute approximate surface area is 396 Å². The van der Waals surface area contributed by atoms with Crippen LogP contribution in [-0.4, -0.2) is 7.05 Å². The Morgan fingerprint density at radius 3 is 1.62 bits per heavy atom. The number of unbranched alkanes of at least 4 members (excludes halogenated alkanes) is 1. The highest BCUT2D eigenvalue weighted by Gasteiger charge is 2.12. The Bertz CT molecular complexity index is 2410. The van der Waals surface area contributed by atoms with Gasteiger partial charge in [0.2, 0.25) is 0 Å². The second-order valence-electron chi connectivity index (χ2n) is 15.0. The largest absolute Gasteiger partial charge is 0.398 e. The minimum Gasteiger partial charge on any atom is -0.398 e. The fraction of sp³-hybridized carbons (Fsp3) is 0.310. The zero-order chi connectivity index (χ0) is 47.3. The van der Waals surface area contributed by atoms with Gasteiger partial charge in [-0.25, -0.2) is 0 Å². The summed E-state index contributed by atoms with van der Waals surface area (Å²) in [7, 11) is 1.97. The molecule has 1 aromatic heterocycles. The first-order valence-electron chi connectivity index (χ1n) is 23.3. The van der Waals surface area contributed by atoms with Gasteiger partial charge in [-0.05, 0) is 83.1 Å². The maximum absolute atomic E-state index is 6.35. The van der Waals surface area contributed by atoms with E-state index in [9.17, 15) is 0 Å². The summed E-state index contributed by atoms with van der Waals surface area (Å²) in [4.78, 5) is 1.11. The molecule has 0 aliphatic heterocycles. The Morgan fingerprint density at radius 2 is 1.11 bits per heavy atom. The summed E-state index contributed by atoms with van der Waals surface area (Å²) in [5.41, 5.74) is 25.3. The highest BCUT2D eigenvalue weighted by molar-refractivity contribution is 7.99. The molecule has 7 N–H and O–H groups in total. The van der Waals surface area contributed by atoms with Crippen molar-refractivity contribution in [2.75, 3.05) is 12.8 Å². The van der Waals surface area contributed by atoms with Gasteiger partial charge < -0.3 is 22.5 Å². The van der Waals surface area contributed by atoms with Crippen LogP contribution < -0.4 is 22.5 Å². The lowest BCUT2D eigenvalue weighted by atomic mass is 10.0. The Balaban J connectivity index is 0.000000329. The maximum atomic E-state index is 6.35. The average Bonchev–Trinajstić information content (AvgIpc) is 3.75. The fourth-order valence-corrected chi connectivity index (χ4v) is 8.66. The molecule has 1 heterocycles. The van der Waals surface area contributed by atoms with Crippen molar-refractivity contribution in [2.24, 2.45) is 11.5 Å². The molecule has 0 aliphatic rings. The van der Waals surface area contributed by atoms with Crippen molar-refractivity contribution in [1.82, 2.24) is 5.32 Å². The van der Waals surface area contributed by atoms with Crippen LogP contribution >= 0.6 is 23.1 Å². The number of nitrogens with two attached hydrogens (primary N) is 3. The molecule has 8 aromatic rings. The fourth-order valence-electron chi connectivity index (χ4n) is 6.23. The van der Waals surface area contributed by atoms with Gasteiger partial charge in [0.15, 0.2) is 0 Å². The van der Waals surface area contributed by atoms with E-state index in [1.165, 1.54) is 55.3 Å². The van der Waals surface area contributed by atoms with Gasteiger partial charge in [-0.2, -0.15) is 0 Å². The summed E-state index contributed by atoms with van der Waals surface area (Å²) in [6, 6.07) is 57.2. The minimum atomic E-state index is -0.474. The normalized spacial score (nSPS) is 10.6. The molecular formula is C58H78N4S2. The van der Waals surface area contributed by atoms with Gasteiger partial charge in [-0.3, -0.25) is 0 Å². The number of hydrogen-bond donors (Lipinski definition) is 4. The van der Waals surface area contributed by atoms with Gasteiger partial charge in [-0.15, -0.1) is 23.1 Å². The summed E-state index contributed by atoms with van der Waals surface area (Å²) in [6.07, 6.45) is 3.31. The van der Waals surface area contributed by atoms with Crippen LogP contribution in [0.1, 0.15) is 128 Å². The number of thioether (sulfide) groups is 1. The summed E-state index contributed by atoms with van der Waals surface area (Å²) in [5, 5.41) is 8.09. The molecule has 0 spiro atoms. The van der Waals surface area contributed by atoms with E-state index >= 15 is 0 Å². The number of nitrogens with one attached hydrogen (secondary N) is 1. The second kappa shape index (κ2) is 31.8. The van der Waals surface area contributed by atoms with Crippen molar-refractivity contribution in [3.8, 4) is 0 Å². The molecule has 4 nitrogen and oxygen atoms in total. The van der Waals surface area contributed by atoms with E-state index in [-0.39, 0.29) is 0 Å². The number of hydrogen-bond acceptors (Lipinski definition) is 6. The number of fused-ring (bicyclic) bond motifs is 4. The number of nitrogen functional groups attached to an aromatic ring is 1. The third-order valence-electron chi connectivity index (χ3n) is 10.2. The molecule has 8 rings (SSSR count). The lowest BCUT2D eigenvalue weighted by Gasteiger charge is -2.13. The van der Waals surface area contributed by atoms with Crippen LogP contribution in [0, 0.1) is 0 Å². The molecule has 342 valence electrons. The first-order chi connectivity index (χ1) is 31.1. The van der Waals surface area contributed by atoms with Crippen LogP contribution in [-0.2, 0) is 12.2 Å². The van der Waals surface area contributed by atoms with Gasteiger partial charge in [0.05, 0.1) is 6.17 Å². The smallest absolute Gasteiger partial charge is 0.0784 e. The molecule has 64 heavy (non-hydrogen) atoms. The van der Waals surface area contributed by atoms with E-state index in [1.54, 1.807) is 11.8 Å². The summed E-state index contributed by atoms with van der Waals surface area (Å²) in [6.45, 7) is 21.1. The molecule has 1 atom stereocenters. The zero-order valence-corrected chi connectivity index (χ0v) is 42.3. The Hall–Kier alpha value is -4.95. The summed E-state index contributed by atoms with van der Waals surface area (Å²) >= 11 is 3.65. The van der Waals surface area contributed by atoms with Crippen LogP contribution in [0.5, 0.6) is 0 Å². The number of thiophene rings is 1. The molecule has 0 saturated heterocycles. The van der Waals surface area contributed by atoms with Crippen LogP contribution in [0.4, 0.5) is 5.69 Å². The number of benzene rings is 7. The molecule has 0 aliphatic carbocycles. The lowest BCUT2D eigenvalue weighted by molar-refractivity contribution is 0.652. The highest BCUT2D eigenvalue weighted by Crippen LogP contribution is 2.40. The van der Waals surface area contributed by atoms with Gasteiger partial charge in [0.1, 0.15) is 0 Å². The second-order valence-corrected chi connectivity index (χ2v) is 17.0. The van der Waals surface area contributed by atoms with E-state index in [2.05, 4.69) is 174 Å². The summed E-state index contributed by atoms with van der Waals surface area (Å²) < 4.78 is 2.69. The number of anilines is 1. The monoisotopic (exact) mass is 895 g/mol. The third kappa shape index (κ3) is 17.9. The molecule has 0 amide bonds. The molecule has 1 unspecified atom stereocenters. The van der Waals surface area contributed by atoms with Crippen LogP contribution in [0.25, 0.3) is 30.9 Å². The minimum absolute atomic E-state index is 0.459. The third-order valence-corrected chi connectivity index (χ3v) is 12.7. The first kappa shape index (κ1) is 55.2. The van der Waals surface area contributed by atoms with Crippen molar-refractivity contribution in [1.29, 1.82) is 0 Å². The topological polar surface area (TPSA) is 90.1 Å². The van der Waals surface area contributed by atoms with Crippen LogP contribution in [0.15, 0.2) is 169 Å². The van der Waals surface area contributed by atoms with Gasteiger partial charge >= 0.3 is 0 Å². The molecule has 0 radical (unpaired) electrons. The van der Waals surface area contributed by atoms with E-state index in [1.807, 2.05) is 82.5 Å². The molecular weight excluding hydrogens is 817 g/mol. The first-order valence-corrected chi connectivity index (χ1v) is 25.1. The van der Waals surface area contributed by atoms with Crippen molar-refractivity contribution >= 4 is 59.7 Å². The maximum Gasteiger partial charge on any atom is 0.0784 e. The SMILES string of the molecule is CC.CC.CC(C)c1ccccc1.CCCC.CCc1ccccc1.CNC(C)c1ccccc1.Nc1ccc2cc(C(N)N)ccc2c1SCc1cccc2c1sc1ccccc12. The standard InChI is InChI=1S/C24H21N3S2.C9H13N.C9H12.C8H10.C4H10.2C2H6/c25-20-11-9-14-12-15(24(26)27)8-10-17(14)23(20)28-13-16-4-3-6-19-18-5-1-2-7-21(18)29-22(16)19;1-8(10-2)9-6-4-3-5-7-9;1-8(2)9-6-4-3-5-7-9;1-2-8-6-4-3-5-7-8;1-3-4-2;2*1-2/h1-12,24H,13,25-27H2;3-8,10H,1-2H3;3-8H,1-2H3;3-7H,2H2,1H3;3-4H2,1-2H3;2*1-2H3. The lowest BCUT2D eigenvalue weighted by Crippen LogP contribution is -2.19. The average molecular weight is 895 g/mol. The van der Waals surface area contributed by atoms with Crippen molar-refractivity contribution in [3.63, 3.8) is 0 Å². The van der Waals surface area contributed by atoms with Gasteiger partial charge in [-0.1, -0.05) is 221 Å². The molecule has 0 bridgehead atoms. The van der Waals surface area contributed by atoms with Crippen molar-refractivity contribution < 1.29 is 0 Å². The van der Waals surface area contributed by atoms with E-state index < -0.39 is 6.17 Å². The van der Waals surface area contributed by atoms with Gasteiger partial charge in [0, 0.05) is 42.5 Å². The predicted molar refractivity (Wildman–Crippen MR) is 292 cm³/mol. The Morgan fingerprint density at radius 1 is 0.562 bits per heavy atom. The zero-order valence-electron chi connectivity index (χ0n) is 40.7. The van der Waals surface area contributed by atoms with Crippen LogP contribution in [0.2, 0.25) is 0 Å². The number of aryl methyl sites for hydroxylation is 1. The van der Waals surface area contributed by atoms with Gasteiger partial charge in [0.25, 0.3) is 0 Å². The van der Waals surface area contributed by atoms with Crippen molar-refractivity contribution in [3.05, 3.63) is 192 Å². The molecule has 7 aromatic carbocycles. The molecule has 0 saturated carbocycles. The Kier molecular flexibility index (Phi) is 27.4. The molecule has 6 heteroatoms. The van der Waals surface area contributed by atoms with E-state index in [4.69, 9.17) is 17.2 Å². The van der Waals surface area contributed by atoms with E-state index in [0.717, 1.165) is 39.1 Å². The molecule has 0 fully saturated rings. The van der Waals surface area contributed by atoms with Crippen LogP contribution in [0.3, 0.4) is 0 Å². The van der Waals surface area contributed by atoms with E-state index in [0.29, 0.717) is 12.0 Å². The predicted octanol–water partition coefficient (Wildman–Crippen LogP) is 16.9. The quantitative estimate of drug-likeness (QED) is 0.0658. The number of rotatable bonds is 9. The summed E-state index contributed by atoms with van der Waals surface area (Å²) in [5.74, 6) is 1.53. The van der Waals surface area contributed by atoms with Crippen molar-refractivity contribution in [2.45, 2.75) is 117 Å².